The van der Waals surface area contributed by atoms with E-state index >= 15 is 0 Å². The highest BCUT2D eigenvalue weighted by atomic mass is 35.5. The van der Waals surface area contributed by atoms with Crippen LogP contribution < -0.4 is 11.1 Å². The zero-order chi connectivity index (χ0) is 22.9. The zero-order valence-electron chi connectivity index (χ0n) is 17.8. The highest BCUT2D eigenvalue weighted by Crippen LogP contribution is 2.33. The molecule has 5 rings (SSSR count). The molecule has 1 aliphatic heterocycles. The summed E-state index contributed by atoms with van der Waals surface area (Å²) in [4.78, 5) is 23.8. The molecule has 1 fully saturated rings. The molecule has 0 spiro atoms. The minimum atomic E-state index is -0.237. The van der Waals surface area contributed by atoms with Crippen LogP contribution in [0.15, 0.2) is 35.1 Å². The van der Waals surface area contributed by atoms with Crippen LogP contribution in [-0.2, 0) is 9.53 Å². The molecule has 170 valence electrons. The molecule has 1 saturated heterocycles. The van der Waals surface area contributed by atoms with E-state index in [1.165, 1.54) is 0 Å². The van der Waals surface area contributed by atoms with Gasteiger partial charge in [0.1, 0.15) is 5.69 Å². The number of halogens is 1. The molecule has 3 N–H and O–H groups in total. The number of ether oxygens (including phenoxy) is 1. The number of nitrogens with two attached hydrogens (primary N) is 1. The number of carbonyl (C=O) groups is 1. The summed E-state index contributed by atoms with van der Waals surface area (Å²) in [5.74, 6) is 0.407. The van der Waals surface area contributed by atoms with E-state index in [1.807, 2.05) is 24.0 Å². The number of aryl methyl sites for hydroxylation is 1. The molecule has 0 bridgehead atoms. The Kier molecular flexibility index (Phi) is 5.67. The number of hydrogen-bond acceptors (Lipinski definition) is 9. The fraction of sp³-hybridized carbons (Fsp3) is 0.286. The van der Waals surface area contributed by atoms with Crippen molar-refractivity contribution in [3.05, 3.63) is 41.3 Å². The molecule has 1 amide bonds. The maximum atomic E-state index is 12.7. The summed E-state index contributed by atoms with van der Waals surface area (Å²) >= 11 is 6.41. The van der Waals surface area contributed by atoms with E-state index in [-0.39, 0.29) is 24.1 Å². The summed E-state index contributed by atoms with van der Waals surface area (Å²) in [5, 5.41) is 12.1. The summed E-state index contributed by atoms with van der Waals surface area (Å²) in [7, 11) is 0. The van der Waals surface area contributed by atoms with Gasteiger partial charge in [-0.2, -0.15) is 5.10 Å². The van der Waals surface area contributed by atoms with Gasteiger partial charge in [-0.25, -0.2) is 14.6 Å². The molecule has 1 aliphatic rings. The standard InChI is InChI=1S/C21H21ClN8O3/c1-12-2-3-30(28-12)21-17(13-8-14-10-24-33-18(14)15(22)9-13)26-20(19(23)27-21)25-16(31)11-29-4-6-32-7-5-29/h2-3,8-10H,4-7,11H2,1H3,(H2,23,27)(H,25,26,31). The van der Waals surface area contributed by atoms with Crippen molar-refractivity contribution in [3.63, 3.8) is 0 Å². The van der Waals surface area contributed by atoms with E-state index in [2.05, 4.69) is 25.5 Å². The van der Waals surface area contributed by atoms with Crippen molar-refractivity contribution in [3.8, 4) is 17.1 Å². The molecule has 0 atom stereocenters. The number of morpholine rings is 1. The lowest BCUT2D eigenvalue weighted by molar-refractivity contribution is -0.118. The monoisotopic (exact) mass is 468 g/mol. The van der Waals surface area contributed by atoms with Crippen LogP contribution in [0.3, 0.4) is 0 Å². The fourth-order valence-electron chi connectivity index (χ4n) is 3.63. The molecule has 4 aromatic rings. The van der Waals surface area contributed by atoms with Gasteiger partial charge < -0.3 is 20.3 Å². The number of aromatic nitrogens is 5. The first-order chi connectivity index (χ1) is 16.0. The first-order valence-electron chi connectivity index (χ1n) is 10.3. The number of nitrogen functional groups attached to an aromatic ring is 1. The van der Waals surface area contributed by atoms with Crippen molar-refractivity contribution in [1.82, 2.24) is 29.8 Å². The average Bonchev–Trinajstić information content (AvgIpc) is 3.45. The van der Waals surface area contributed by atoms with Crippen LogP contribution in [0, 0.1) is 6.92 Å². The van der Waals surface area contributed by atoms with Gasteiger partial charge >= 0.3 is 0 Å². The topological polar surface area (TPSA) is 137 Å². The number of nitrogens with zero attached hydrogens (tertiary/aromatic N) is 6. The molecular weight excluding hydrogens is 448 g/mol. The second-order valence-corrected chi connectivity index (χ2v) is 8.08. The smallest absolute Gasteiger partial charge is 0.239 e. The third-order valence-electron chi connectivity index (χ3n) is 5.25. The van der Waals surface area contributed by atoms with Crippen molar-refractivity contribution in [2.75, 3.05) is 43.9 Å². The first-order valence-corrected chi connectivity index (χ1v) is 10.7. The second-order valence-electron chi connectivity index (χ2n) is 7.67. The molecule has 1 aromatic carbocycles. The van der Waals surface area contributed by atoms with Gasteiger partial charge in [0.2, 0.25) is 5.91 Å². The van der Waals surface area contributed by atoms with E-state index in [4.69, 9.17) is 26.6 Å². The van der Waals surface area contributed by atoms with Gasteiger partial charge in [-0.15, -0.1) is 0 Å². The Morgan fingerprint density at radius 1 is 1.27 bits per heavy atom. The van der Waals surface area contributed by atoms with E-state index in [0.717, 1.165) is 5.69 Å². The number of fused-ring (bicyclic) bond motifs is 1. The van der Waals surface area contributed by atoms with Gasteiger partial charge in [-0.05, 0) is 25.1 Å². The molecule has 4 heterocycles. The summed E-state index contributed by atoms with van der Waals surface area (Å²) in [6, 6.07) is 5.38. The van der Waals surface area contributed by atoms with Crippen molar-refractivity contribution >= 4 is 40.1 Å². The maximum Gasteiger partial charge on any atom is 0.239 e. The number of rotatable bonds is 5. The molecule has 3 aromatic heterocycles. The molecule has 0 saturated carbocycles. The molecule has 0 radical (unpaired) electrons. The van der Waals surface area contributed by atoms with Crippen molar-refractivity contribution < 1.29 is 14.1 Å². The first kappa shape index (κ1) is 21.3. The maximum absolute atomic E-state index is 12.7. The number of amides is 1. The van der Waals surface area contributed by atoms with Crippen LogP contribution in [0.1, 0.15) is 5.69 Å². The Morgan fingerprint density at radius 3 is 2.85 bits per heavy atom. The zero-order valence-corrected chi connectivity index (χ0v) is 18.5. The predicted molar refractivity (Wildman–Crippen MR) is 122 cm³/mol. The van der Waals surface area contributed by atoms with E-state index < -0.39 is 0 Å². The van der Waals surface area contributed by atoms with Crippen LogP contribution in [0.5, 0.6) is 0 Å². The lowest BCUT2D eigenvalue weighted by atomic mass is 10.1. The average molecular weight is 469 g/mol. The number of anilines is 2. The lowest BCUT2D eigenvalue weighted by Crippen LogP contribution is -2.41. The number of benzene rings is 1. The highest BCUT2D eigenvalue weighted by molar-refractivity contribution is 6.35. The normalized spacial score (nSPS) is 14.6. The largest absolute Gasteiger partial charge is 0.381 e. The minimum absolute atomic E-state index is 0.0781. The quantitative estimate of drug-likeness (QED) is 0.451. The van der Waals surface area contributed by atoms with Gasteiger partial charge in [0, 0.05) is 30.2 Å². The van der Waals surface area contributed by atoms with Crippen LogP contribution in [0.25, 0.3) is 28.0 Å². The Labute approximate surface area is 193 Å². The van der Waals surface area contributed by atoms with Gasteiger partial charge in [0.25, 0.3) is 0 Å². The lowest BCUT2D eigenvalue weighted by Gasteiger charge is -2.25. The molecule has 0 aliphatic carbocycles. The van der Waals surface area contributed by atoms with Gasteiger partial charge in [-0.3, -0.25) is 9.69 Å². The van der Waals surface area contributed by atoms with Crippen molar-refractivity contribution in [2.24, 2.45) is 0 Å². The molecule has 33 heavy (non-hydrogen) atoms. The van der Waals surface area contributed by atoms with Crippen molar-refractivity contribution in [2.45, 2.75) is 6.92 Å². The third-order valence-corrected chi connectivity index (χ3v) is 5.53. The minimum Gasteiger partial charge on any atom is -0.381 e. The third kappa shape index (κ3) is 4.38. The van der Waals surface area contributed by atoms with Crippen molar-refractivity contribution in [1.29, 1.82) is 0 Å². The Balaban J connectivity index is 1.55. The number of hydrogen-bond donors (Lipinski definition) is 2. The van der Waals surface area contributed by atoms with Gasteiger partial charge in [0.05, 0.1) is 36.7 Å². The highest BCUT2D eigenvalue weighted by Gasteiger charge is 2.21. The molecular formula is C21H21ClN8O3. The molecule has 11 nitrogen and oxygen atoms in total. The second kappa shape index (κ2) is 8.77. The predicted octanol–water partition coefficient (Wildman–Crippen LogP) is 2.29. The van der Waals surface area contributed by atoms with Gasteiger partial charge in [0.15, 0.2) is 23.0 Å². The summed E-state index contributed by atoms with van der Waals surface area (Å²) in [6.45, 7) is 4.65. The summed E-state index contributed by atoms with van der Waals surface area (Å²) < 4.78 is 12.1. The SMILES string of the molecule is Cc1ccn(-c2nc(N)c(NC(=O)CN3CCOCC3)nc2-c2cc(Cl)c3oncc3c2)n1. The number of carbonyl (C=O) groups excluding carboxylic acids is 1. The van der Waals surface area contributed by atoms with Crippen LogP contribution in [0.2, 0.25) is 5.02 Å². The van der Waals surface area contributed by atoms with Crippen LogP contribution >= 0.6 is 11.6 Å². The Bertz CT molecular complexity index is 1330. The summed E-state index contributed by atoms with van der Waals surface area (Å²) in [6.07, 6.45) is 3.33. The Morgan fingerprint density at radius 2 is 2.09 bits per heavy atom. The molecule has 12 heteroatoms. The summed E-state index contributed by atoms with van der Waals surface area (Å²) in [5.41, 5.74) is 8.55. The Hall–Kier alpha value is -3.54. The van der Waals surface area contributed by atoms with Crippen LogP contribution in [-0.4, -0.2) is 68.6 Å². The van der Waals surface area contributed by atoms with E-state index in [1.54, 1.807) is 23.1 Å². The van der Waals surface area contributed by atoms with Gasteiger partial charge in [-0.1, -0.05) is 16.8 Å². The van der Waals surface area contributed by atoms with E-state index in [9.17, 15) is 4.79 Å². The van der Waals surface area contributed by atoms with Crippen LogP contribution in [0.4, 0.5) is 11.6 Å². The molecule has 0 unspecified atom stereocenters. The number of nitrogens with one attached hydrogen (secondary N) is 1. The van der Waals surface area contributed by atoms with E-state index in [0.29, 0.717) is 59.4 Å². The fourth-order valence-corrected chi connectivity index (χ4v) is 3.89.